The van der Waals surface area contributed by atoms with Gasteiger partial charge in [0.2, 0.25) is 5.82 Å². The van der Waals surface area contributed by atoms with Gasteiger partial charge in [-0.05, 0) is 19.9 Å². The predicted molar refractivity (Wildman–Crippen MR) is 58.9 cm³/mol. The second-order valence-electron chi connectivity index (χ2n) is 3.39. The summed E-state index contributed by atoms with van der Waals surface area (Å²) in [6.07, 6.45) is 1.54. The molecular formula is C10H13N3O2. The van der Waals surface area contributed by atoms with E-state index >= 15 is 0 Å². The van der Waals surface area contributed by atoms with Crippen molar-refractivity contribution in [1.82, 2.24) is 4.98 Å². The first-order chi connectivity index (χ1) is 7.02. The maximum atomic E-state index is 10.8. The van der Waals surface area contributed by atoms with E-state index in [0.717, 1.165) is 5.57 Å². The lowest BCUT2D eigenvalue weighted by Gasteiger charge is -2.06. The number of anilines is 1. The number of hydrogen-bond donors (Lipinski definition) is 1. The molecule has 1 N–H and O–H groups in total. The highest BCUT2D eigenvalue weighted by molar-refractivity contribution is 5.60. The van der Waals surface area contributed by atoms with Crippen molar-refractivity contribution in [3.63, 3.8) is 0 Å². The average Bonchev–Trinajstić information content (AvgIpc) is 2.13. The molecule has 15 heavy (non-hydrogen) atoms. The molecule has 0 aliphatic rings. The molecule has 0 saturated heterocycles. The first-order valence-electron chi connectivity index (χ1n) is 4.50. The van der Waals surface area contributed by atoms with Crippen LogP contribution in [0.5, 0.6) is 0 Å². The molecule has 0 aliphatic carbocycles. The summed E-state index contributed by atoms with van der Waals surface area (Å²) < 4.78 is 0. The van der Waals surface area contributed by atoms with Crippen molar-refractivity contribution in [3.8, 4) is 0 Å². The lowest BCUT2D eigenvalue weighted by atomic mass is 10.2. The molecular weight excluding hydrogens is 194 g/mol. The van der Waals surface area contributed by atoms with Gasteiger partial charge in [-0.3, -0.25) is 10.1 Å². The molecule has 0 aliphatic heterocycles. The number of nitrogens with zero attached hydrogens (tertiary/aromatic N) is 2. The summed E-state index contributed by atoms with van der Waals surface area (Å²) in [6.45, 7) is 7.72. The average molecular weight is 207 g/mol. The van der Waals surface area contributed by atoms with Gasteiger partial charge in [0, 0.05) is 18.3 Å². The molecule has 0 amide bonds. The summed E-state index contributed by atoms with van der Waals surface area (Å²) in [6, 6.07) is 1.62. The maximum Gasteiger partial charge on any atom is 0.314 e. The smallest absolute Gasteiger partial charge is 0.314 e. The Morgan fingerprint density at radius 2 is 2.40 bits per heavy atom. The minimum absolute atomic E-state index is 0.0266. The quantitative estimate of drug-likeness (QED) is 0.467. The number of rotatable bonds is 4. The zero-order valence-corrected chi connectivity index (χ0v) is 8.78. The molecule has 0 unspecified atom stereocenters. The van der Waals surface area contributed by atoms with Crippen LogP contribution in [0.2, 0.25) is 0 Å². The van der Waals surface area contributed by atoms with Crippen molar-refractivity contribution in [3.05, 3.63) is 40.1 Å². The Labute approximate surface area is 88.0 Å². The van der Waals surface area contributed by atoms with Gasteiger partial charge in [0.1, 0.15) is 0 Å². The standard InChI is InChI=1S/C10H13N3O2/c1-7(2)6-12-10-9(13(14)15)8(3)4-5-11-10/h4-5H,1,6H2,2-3H3,(H,11,12). The van der Waals surface area contributed by atoms with Crippen LogP contribution in [-0.4, -0.2) is 16.5 Å². The second-order valence-corrected chi connectivity index (χ2v) is 3.39. The van der Waals surface area contributed by atoms with E-state index in [9.17, 15) is 10.1 Å². The van der Waals surface area contributed by atoms with E-state index < -0.39 is 4.92 Å². The molecule has 1 aromatic rings. The summed E-state index contributed by atoms with van der Waals surface area (Å²) in [5, 5.41) is 13.7. The molecule has 0 saturated carbocycles. The summed E-state index contributed by atoms with van der Waals surface area (Å²) in [7, 11) is 0. The van der Waals surface area contributed by atoms with E-state index in [2.05, 4.69) is 16.9 Å². The van der Waals surface area contributed by atoms with Gasteiger partial charge in [-0.15, -0.1) is 0 Å². The molecule has 0 fully saturated rings. The third-order valence-electron chi connectivity index (χ3n) is 1.87. The SMILES string of the molecule is C=C(C)CNc1nccc(C)c1[N+](=O)[O-]. The van der Waals surface area contributed by atoms with Crippen LogP contribution in [0.15, 0.2) is 24.4 Å². The topological polar surface area (TPSA) is 68.1 Å². The zero-order chi connectivity index (χ0) is 11.4. The van der Waals surface area contributed by atoms with Gasteiger partial charge >= 0.3 is 5.69 Å². The summed E-state index contributed by atoms with van der Waals surface area (Å²) in [5.41, 5.74) is 1.52. The Morgan fingerprint density at radius 1 is 1.73 bits per heavy atom. The third-order valence-corrected chi connectivity index (χ3v) is 1.87. The van der Waals surface area contributed by atoms with Gasteiger partial charge in [-0.25, -0.2) is 4.98 Å². The fourth-order valence-electron chi connectivity index (χ4n) is 1.14. The fourth-order valence-corrected chi connectivity index (χ4v) is 1.14. The zero-order valence-electron chi connectivity index (χ0n) is 8.78. The second kappa shape index (κ2) is 4.54. The number of nitrogens with one attached hydrogen (secondary N) is 1. The van der Waals surface area contributed by atoms with Crippen LogP contribution >= 0.6 is 0 Å². The summed E-state index contributed by atoms with van der Waals surface area (Å²) in [5.74, 6) is 0.294. The van der Waals surface area contributed by atoms with Crippen LogP contribution < -0.4 is 5.32 Å². The largest absolute Gasteiger partial charge is 0.361 e. The van der Waals surface area contributed by atoms with E-state index in [1.54, 1.807) is 19.2 Å². The maximum absolute atomic E-state index is 10.8. The van der Waals surface area contributed by atoms with Crippen LogP contribution in [0.25, 0.3) is 0 Å². The molecule has 5 nitrogen and oxygen atoms in total. The summed E-state index contributed by atoms with van der Waals surface area (Å²) >= 11 is 0. The van der Waals surface area contributed by atoms with E-state index in [-0.39, 0.29) is 5.69 Å². The highest BCUT2D eigenvalue weighted by Crippen LogP contribution is 2.25. The number of nitro groups is 1. The predicted octanol–water partition coefficient (Wildman–Crippen LogP) is 2.29. The molecule has 0 radical (unpaired) electrons. The molecule has 0 atom stereocenters. The van der Waals surface area contributed by atoms with Gasteiger partial charge < -0.3 is 5.32 Å². The minimum Gasteiger partial charge on any atom is -0.361 e. The minimum atomic E-state index is -0.427. The van der Waals surface area contributed by atoms with Gasteiger partial charge in [0.15, 0.2) is 0 Å². The molecule has 5 heteroatoms. The first kappa shape index (κ1) is 11.2. The Kier molecular flexibility index (Phi) is 3.38. The van der Waals surface area contributed by atoms with Crippen molar-refractivity contribution < 1.29 is 4.92 Å². The molecule has 1 aromatic heterocycles. The number of aryl methyl sites for hydroxylation is 1. The Balaban J connectivity index is 3.01. The molecule has 0 spiro atoms. The van der Waals surface area contributed by atoms with Gasteiger partial charge in [-0.1, -0.05) is 12.2 Å². The van der Waals surface area contributed by atoms with Gasteiger partial charge in [0.25, 0.3) is 0 Å². The lowest BCUT2D eigenvalue weighted by Crippen LogP contribution is -2.07. The van der Waals surface area contributed by atoms with Gasteiger partial charge in [0.05, 0.1) is 4.92 Å². The molecule has 0 aromatic carbocycles. The number of hydrogen-bond acceptors (Lipinski definition) is 4. The first-order valence-corrected chi connectivity index (χ1v) is 4.50. The normalized spacial score (nSPS) is 9.73. The highest BCUT2D eigenvalue weighted by Gasteiger charge is 2.17. The fraction of sp³-hybridized carbons (Fsp3) is 0.300. The van der Waals surface area contributed by atoms with E-state index in [1.165, 1.54) is 0 Å². The van der Waals surface area contributed by atoms with E-state index in [4.69, 9.17) is 0 Å². The Hall–Kier alpha value is -1.91. The van der Waals surface area contributed by atoms with Crippen molar-refractivity contribution in [2.75, 3.05) is 11.9 Å². The Bertz CT molecular complexity index is 402. The van der Waals surface area contributed by atoms with Crippen molar-refractivity contribution in [1.29, 1.82) is 0 Å². The number of pyridine rings is 1. The van der Waals surface area contributed by atoms with Crippen molar-refractivity contribution >= 4 is 11.5 Å². The van der Waals surface area contributed by atoms with E-state index in [1.807, 2.05) is 6.92 Å². The summed E-state index contributed by atoms with van der Waals surface area (Å²) in [4.78, 5) is 14.3. The monoisotopic (exact) mass is 207 g/mol. The van der Waals surface area contributed by atoms with Crippen LogP contribution in [0, 0.1) is 17.0 Å². The van der Waals surface area contributed by atoms with Gasteiger partial charge in [-0.2, -0.15) is 0 Å². The molecule has 80 valence electrons. The molecule has 1 heterocycles. The Morgan fingerprint density at radius 3 is 2.93 bits per heavy atom. The lowest BCUT2D eigenvalue weighted by molar-refractivity contribution is -0.384. The third kappa shape index (κ3) is 2.77. The van der Waals surface area contributed by atoms with Crippen LogP contribution in [0.1, 0.15) is 12.5 Å². The van der Waals surface area contributed by atoms with Crippen molar-refractivity contribution in [2.45, 2.75) is 13.8 Å². The molecule has 0 bridgehead atoms. The van der Waals surface area contributed by atoms with Crippen molar-refractivity contribution in [2.24, 2.45) is 0 Å². The number of aromatic nitrogens is 1. The van der Waals surface area contributed by atoms with Crippen LogP contribution in [-0.2, 0) is 0 Å². The molecule has 1 rings (SSSR count). The van der Waals surface area contributed by atoms with Crippen LogP contribution in [0.3, 0.4) is 0 Å². The van der Waals surface area contributed by atoms with Crippen LogP contribution in [0.4, 0.5) is 11.5 Å². The highest BCUT2D eigenvalue weighted by atomic mass is 16.6. The van der Waals surface area contributed by atoms with E-state index in [0.29, 0.717) is 17.9 Å².